The number of amides is 1. The highest BCUT2D eigenvalue weighted by Crippen LogP contribution is 2.30. The smallest absolute Gasteiger partial charge is 0.284 e. The van der Waals surface area contributed by atoms with Gasteiger partial charge in [-0.15, -0.1) is 0 Å². The van der Waals surface area contributed by atoms with Gasteiger partial charge in [-0.3, -0.25) is 4.79 Å². The van der Waals surface area contributed by atoms with Gasteiger partial charge in [-0.05, 0) is 48.5 Å². The number of carbonyl (C=O) groups is 1. The summed E-state index contributed by atoms with van der Waals surface area (Å²) < 4.78 is 16.8. The maximum Gasteiger partial charge on any atom is 0.284 e. The summed E-state index contributed by atoms with van der Waals surface area (Å²) in [7, 11) is 0. The highest BCUT2D eigenvalue weighted by Gasteiger charge is 2.26. The van der Waals surface area contributed by atoms with Gasteiger partial charge in [0, 0.05) is 10.6 Å². The Morgan fingerprint density at radius 1 is 1.07 bits per heavy atom. The Hall–Kier alpha value is -3.25. The topological polar surface area (TPSA) is 73.1 Å². The molecule has 136 valence electrons. The van der Waals surface area contributed by atoms with Crippen molar-refractivity contribution in [1.29, 1.82) is 0 Å². The van der Waals surface area contributed by atoms with Crippen molar-refractivity contribution in [2.24, 2.45) is 5.10 Å². The van der Waals surface area contributed by atoms with Crippen molar-refractivity contribution in [2.45, 2.75) is 6.10 Å². The van der Waals surface area contributed by atoms with Crippen LogP contribution < -0.4 is 14.9 Å². The van der Waals surface area contributed by atoms with E-state index in [4.69, 9.17) is 25.5 Å². The van der Waals surface area contributed by atoms with E-state index in [1.165, 1.54) is 6.21 Å². The third kappa shape index (κ3) is 3.96. The lowest BCUT2D eigenvalue weighted by atomic mass is 10.2. The summed E-state index contributed by atoms with van der Waals surface area (Å²) in [5.74, 6) is 1.94. The van der Waals surface area contributed by atoms with Crippen molar-refractivity contribution < 1.29 is 18.7 Å². The van der Waals surface area contributed by atoms with E-state index in [-0.39, 0.29) is 6.61 Å². The summed E-state index contributed by atoms with van der Waals surface area (Å²) in [6, 6.07) is 18.1. The minimum atomic E-state index is -0.765. The quantitative estimate of drug-likeness (QED) is 0.548. The van der Waals surface area contributed by atoms with Crippen LogP contribution in [-0.4, -0.2) is 24.8 Å². The molecule has 7 heteroatoms. The Morgan fingerprint density at radius 3 is 2.67 bits per heavy atom. The lowest BCUT2D eigenvalue weighted by molar-refractivity contribution is -0.130. The Bertz CT molecular complexity index is 982. The molecule has 1 atom stereocenters. The van der Waals surface area contributed by atoms with Crippen LogP contribution in [-0.2, 0) is 4.79 Å². The van der Waals surface area contributed by atoms with E-state index in [0.717, 1.165) is 5.56 Å². The van der Waals surface area contributed by atoms with Crippen molar-refractivity contribution in [3.63, 3.8) is 0 Å². The summed E-state index contributed by atoms with van der Waals surface area (Å²) in [5, 5.41) is 4.58. The number of para-hydroxylation sites is 2. The maximum absolute atomic E-state index is 12.2. The first kappa shape index (κ1) is 17.2. The third-order valence-electron chi connectivity index (χ3n) is 3.92. The fourth-order valence-electron chi connectivity index (χ4n) is 2.57. The molecule has 1 aliphatic rings. The number of hydrogen-bond donors (Lipinski definition) is 1. The molecule has 2 aromatic carbocycles. The minimum absolute atomic E-state index is 0.125. The van der Waals surface area contributed by atoms with Crippen LogP contribution in [0.2, 0.25) is 5.02 Å². The minimum Gasteiger partial charge on any atom is -0.485 e. The summed E-state index contributed by atoms with van der Waals surface area (Å²) in [4.78, 5) is 12.2. The molecule has 0 aliphatic carbocycles. The van der Waals surface area contributed by atoms with Crippen LogP contribution in [0.4, 0.5) is 0 Å². The van der Waals surface area contributed by atoms with Crippen molar-refractivity contribution in [3.8, 4) is 22.8 Å². The van der Waals surface area contributed by atoms with Gasteiger partial charge in [-0.1, -0.05) is 23.7 Å². The fourth-order valence-corrected chi connectivity index (χ4v) is 2.70. The number of carbonyl (C=O) groups excluding carboxylic acids is 1. The lowest BCUT2D eigenvalue weighted by Gasteiger charge is -2.24. The molecule has 3 aromatic rings. The molecule has 1 aliphatic heterocycles. The third-order valence-corrected chi connectivity index (χ3v) is 4.18. The van der Waals surface area contributed by atoms with E-state index in [0.29, 0.717) is 28.0 Å². The normalized spacial score (nSPS) is 15.7. The van der Waals surface area contributed by atoms with E-state index in [1.807, 2.05) is 30.3 Å². The molecule has 0 saturated heterocycles. The summed E-state index contributed by atoms with van der Waals surface area (Å²) in [6.07, 6.45) is 0.660. The number of benzene rings is 2. The Labute approximate surface area is 160 Å². The summed E-state index contributed by atoms with van der Waals surface area (Å²) in [6.45, 7) is 0.125. The van der Waals surface area contributed by atoms with E-state index in [2.05, 4.69) is 10.5 Å². The number of hydrazone groups is 1. The van der Waals surface area contributed by atoms with Gasteiger partial charge in [-0.2, -0.15) is 5.10 Å². The van der Waals surface area contributed by atoms with E-state index in [1.54, 1.807) is 30.3 Å². The van der Waals surface area contributed by atoms with Crippen molar-refractivity contribution in [1.82, 2.24) is 5.43 Å². The van der Waals surface area contributed by atoms with Crippen molar-refractivity contribution in [2.75, 3.05) is 6.61 Å². The standard InChI is InChI=1S/C20H15ClN2O4/c21-14-7-5-13(6-8-14)16-10-9-15(26-16)11-22-23-20(24)19-12-25-17-3-1-2-4-18(17)27-19/h1-11,19H,12H2,(H,23,24). The van der Waals surface area contributed by atoms with E-state index in [9.17, 15) is 4.79 Å². The average Bonchev–Trinajstić information content (AvgIpc) is 3.17. The van der Waals surface area contributed by atoms with Crippen LogP contribution in [0.5, 0.6) is 11.5 Å². The molecule has 1 amide bonds. The van der Waals surface area contributed by atoms with Gasteiger partial charge < -0.3 is 13.9 Å². The second kappa shape index (κ2) is 7.55. The Balaban J connectivity index is 1.36. The average molecular weight is 383 g/mol. The zero-order valence-corrected chi connectivity index (χ0v) is 14.8. The number of halogens is 1. The number of hydrogen-bond acceptors (Lipinski definition) is 5. The molecular weight excluding hydrogens is 368 g/mol. The fraction of sp³-hybridized carbons (Fsp3) is 0.100. The van der Waals surface area contributed by atoms with Crippen LogP contribution >= 0.6 is 11.6 Å². The highest BCUT2D eigenvalue weighted by atomic mass is 35.5. The summed E-state index contributed by atoms with van der Waals surface area (Å²) >= 11 is 5.88. The van der Waals surface area contributed by atoms with Gasteiger partial charge >= 0.3 is 0 Å². The van der Waals surface area contributed by atoms with Gasteiger partial charge in [0.25, 0.3) is 5.91 Å². The first-order chi connectivity index (χ1) is 13.2. The SMILES string of the molecule is O=C(NN=Cc1ccc(-c2ccc(Cl)cc2)o1)C1COc2ccccc2O1. The number of fused-ring (bicyclic) bond motifs is 1. The maximum atomic E-state index is 12.2. The molecule has 0 bridgehead atoms. The van der Waals surface area contributed by atoms with Gasteiger partial charge in [0.15, 0.2) is 11.5 Å². The van der Waals surface area contributed by atoms with Gasteiger partial charge in [-0.25, -0.2) is 5.43 Å². The van der Waals surface area contributed by atoms with Crippen LogP contribution in [0.25, 0.3) is 11.3 Å². The molecule has 27 heavy (non-hydrogen) atoms. The molecule has 6 nitrogen and oxygen atoms in total. The number of nitrogens with one attached hydrogen (secondary N) is 1. The van der Waals surface area contributed by atoms with Crippen LogP contribution in [0, 0.1) is 0 Å². The zero-order valence-electron chi connectivity index (χ0n) is 14.1. The largest absolute Gasteiger partial charge is 0.485 e. The van der Waals surface area contributed by atoms with Crippen LogP contribution in [0.1, 0.15) is 5.76 Å². The van der Waals surface area contributed by atoms with Crippen molar-refractivity contribution in [3.05, 3.63) is 71.4 Å². The number of ether oxygens (including phenoxy) is 2. The van der Waals surface area contributed by atoms with E-state index < -0.39 is 12.0 Å². The number of furan rings is 1. The second-order valence-electron chi connectivity index (χ2n) is 5.81. The van der Waals surface area contributed by atoms with Gasteiger partial charge in [0.1, 0.15) is 18.1 Å². The monoisotopic (exact) mass is 382 g/mol. The molecule has 0 spiro atoms. The molecular formula is C20H15ClN2O4. The molecule has 0 saturated carbocycles. The molecule has 0 fully saturated rings. The first-order valence-electron chi connectivity index (χ1n) is 8.26. The van der Waals surface area contributed by atoms with Gasteiger partial charge in [0.2, 0.25) is 6.10 Å². The Kier molecular flexibility index (Phi) is 4.80. The zero-order chi connectivity index (χ0) is 18.6. The molecule has 1 N–H and O–H groups in total. The van der Waals surface area contributed by atoms with Crippen LogP contribution in [0.3, 0.4) is 0 Å². The summed E-state index contributed by atoms with van der Waals surface area (Å²) in [5.41, 5.74) is 3.33. The van der Waals surface area contributed by atoms with Crippen molar-refractivity contribution >= 4 is 23.7 Å². The number of rotatable bonds is 4. The number of nitrogens with zero attached hydrogens (tertiary/aromatic N) is 1. The Morgan fingerprint density at radius 2 is 1.85 bits per heavy atom. The molecule has 4 rings (SSSR count). The molecule has 1 aromatic heterocycles. The lowest BCUT2D eigenvalue weighted by Crippen LogP contribution is -2.42. The van der Waals surface area contributed by atoms with Gasteiger partial charge in [0.05, 0.1) is 6.21 Å². The second-order valence-corrected chi connectivity index (χ2v) is 6.24. The molecule has 2 heterocycles. The van der Waals surface area contributed by atoms with E-state index >= 15 is 0 Å². The predicted octanol–water partition coefficient (Wildman–Crippen LogP) is 3.89. The molecule has 1 unspecified atom stereocenters. The predicted molar refractivity (Wildman–Crippen MR) is 101 cm³/mol. The van der Waals surface area contributed by atoms with Crippen LogP contribution in [0.15, 0.2) is 70.2 Å². The first-order valence-corrected chi connectivity index (χ1v) is 8.64. The highest BCUT2D eigenvalue weighted by molar-refractivity contribution is 6.30. The molecule has 0 radical (unpaired) electrons.